The van der Waals surface area contributed by atoms with E-state index in [9.17, 15) is 9.90 Å². The Hall–Kier alpha value is -1.55. The maximum absolute atomic E-state index is 11.4. The molecule has 0 saturated heterocycles. The summed E-state index contributed by atoms with van der Waals surface area (Å²) >= 11 is 0. The van der Waals surface area contributed by atoms with E-state index in [0.29, 0.717) is 6.42 Å². The number of aliphatic carboxylic acids is 1. The molecule has 1 saturated carbocycles. The summed E-state index contributed by atoms with van der Waals surface area (Å²) in [6, 6.07) is 6.48. The van der Waals surface area contributed by atoms with Gasteiger partial charge in [0.2, 0.25) is 0 Å². The summed E-state index contributed by atoms with van der Waals surface area (Å²) in [5.74, 6) is -0.776. The second-order valence-corrected chi connectivity index (χ2v) is 6.49. The number of hydrogen-bond acceptors (Lipinski definition) is 3. The Labute approximate surface area is 126 Å². The predicted molar refractivity (Wildman–Crippen MR) is 85.7 cm³/mol. The molecule has 1 aromatic rings. The first-order valence-electron chi connectivity index (χ1n) is 7.64. The lowest BCUT2D eigenvalue weighted by molar-refractivity contribution is -0.144. The first-order chi connectivity index (χ1) is 9.83. The van der Waals surface area contributed by atoms with Gasteiger partial charge in [0.15, 0.2) is 0 Å². The molecule has 0 spiro atoms. The number of carboxylic acid groups (broad SMARTS) is 1. The second-order valence-electron chi connectivity index (χ2n) is 6.49. The van der Waals surface area contributed by atoms with Crippen molar-refractivity contribution in [3.63, 3.8) is 0 Å². The van der Waals surface area contributed by atoms with Crippen LogP contribution in [0.5, 0.6) is 0 Å². The fraction of sp³-hybridized carbons (Fsp3) is 0.588. The first kappa shape index (κ1) is 15.8. The molecular weight excluding hydrogens is 264 g/mol. The quantitative estimate of drug-likeness (QED) is 0.875. The van der Waals surface area contributed by atoms with Crippen LogP contribution in [0.1, 0.15) is 36.8 Å². The third-order valence-electron chi connectivity index (χ3n) is 4.73. The van der Waals surface area contributed by atoms with E-state index in [1.54, 1.807) is 0 Å². The van der Waals surface area contributed by atoms with Crippen molar-refractivity contribution >= 4 is 11.7 Å². The largest absolute Gasteiger partial charge is 0.480 e. The van der Waals surface area contributed by atoms with Crippen molar-refractivity contribution in [1.29, 1.82) is 0 Å². The van der Waals surface area contributed by atoms with Crippen molar-refractivity contribution in [2.75, 3.05) is 18.5 Å². The smallest absolute Gasteiger partial charge is 0.323 e. The molecule has 0 aromatic heterocycles. The van der Waals surface area contributed by atoms with Gasteiger partial charge in [-0.1, -0.05) is 12.5 Å². The number of anilines is 1. The van der Waals surface area contributed by atoms with Crippen LogP contribution in [0, 0.1) is 19.8 Å². The summed E-state index contributed by atoms with van der Waals surface area (Å²) in [5, 5.41) is 9.36. The van der Waals surface area contributed by atoms with E-state index in [4.69, 9.17) is 5.73 Å². The van der Waals surface area contributed by atoms with E-state index in [1.807, 2.05) is 0 Å². The van der Waals surface area contributed by atoms with Crippen LogP contribution in [0.15, 0.2) is 18.2 Å². The van der Waals surface area contributed by atoms with Crippen LogP contribution < -0.4 is 10.6 Å². The molecule has 116 valence electrons. The zero-order valence-corrected chi connectivity index (χ0v) is 13.2. The average Bonchev–Trinajstić information content (AvgIpc) is 2.77. The zero-order chi connectivity index (χ0) is 15.6. The molecule has 3 N–H and O–H groups in total. The van der Waals surface area contributed by atoms with Gasteiger partial charge in [-0.25, -0.2) is 0 Å². The van der Waals surface area contributed by atoms with Gasteiger partial charge in [0.1, 0.15) is 5.54 Å². The fourth-order valence-electron chi connectivity index (χ4n) is 3.44. The third kappa shape index (κ3) is 3.38. The van der Waals surface area contributed by atoms with Gasteiger partial charge in [-0.3, -0.25) is 4.79 Å². The van der Waals surface area contributed by atoms with Crippen molar-refractivity contribution in [3.05, 3.63) is 29.3 Å². The van der Waals surface area contributed by atoms with E-state index >= 15 is 0 Å². The number of nitrogens with zero attached hydrogens (tertiary/aromatic N) is 1. The number of carboxylic acids is 1. The predicted octanol–water partition coefficient (Wildman–Crippen LogP) is 2.71. The van der Waals surface area contributed by atoms with E-state index in [1.165, 1.54) is 16.8 Å². The third-order valence-corrected chi connectivity index (χ3v) is 4.73. The highest BCUT2D eigenvalue weighted by atomic mass is 16.4. The van der Waals surface area contributed by atoms with Crippen LogP contribution >= 0.6 is 0 Å². The number of aryl methyl sites for hydroxylation is 2. The van der Waals surface area contributed by atoms with Gasteiger partial charge in [0.25, 0.3) is 0 Å². The molecule has 4 heteroatoms. The summed E-state index contributed by atoms with van der Waals surface area (Å²) in [7, 11) is 2.06. The molecule has 0 aliphatic heterocycles. The van der Waals surface area contributed by atoms with E-state index < -0.39 is 11.5 Å². The highest BCUT2D eigenvalue weighted by Crippen LogP contribution is 2.36. The minimum Gasteiger partial charge on any atom is -0.480 e. The number of benzene rings is 1. The lowest BCUT2D eigenvalue weighted by atomic mass is 9.85. The van der Waals surface area contributed by atoms with Gasteiger partial charge >= 0.3 is 5.97 Å². The second kappa shape index (κ2) is 6.06. The zero-order valence-electron chi connectivity index (χ0n) is 13.2. The molecule has 4 nitrogen and oxygen atoms in total. The van der Waals surface area contributed by atoms with Crippen LogP contribution in [0.25, 0.3) is 0 Å². The number of hydrogen-bond donors (Lipinski definition) is 2. The summed E-state index contributed by atoms with van der Waals surface area (Å²) < 4.78 is 0. The monoisotopic (exact) mass is 290 g/mol. The van der Waals surface area contributed by atoms with Gasteiger partial charge in [-0.2, -0.15) is 0 Å². The normalized spacial score (nSPS) is 25.0. The number of rotatable bonds is 5. The maximum atomic E-state index is 11.4. The molecule has 2 rings (SSSR count). The Kier molecular flexibility index (Phi) is 4.57. The molecule has 0 heterocycles. The Morgan fingerprint density at radius 1 is 1.38 bits per heavy atom. The standard InChI is InChI=1S/C17H26N2O2/c1-12-9-13(2)11-15(10-12)19(3)8-6-14-5-4-7-17(14,18)16(20)21/h9-11,14H,4-8,18H2,1-3H3,(H,20,21). The molecule has 0 bridgehead atoms. The summed E-state index contributed by atoms with van der Waals surface area (Å²) in [6.07, 6.45) is 3.26. The van der Waals surface area contributed by atoms with Crippen LogP contribution in [-0.4, -0.2) is 30.2 Å². The minimum atomic E-state index is -1.02. The van der Waals surface area contributed by atoms with Crippen molar-refractivity contribution in [1.82, 2.24) is 0 Å². The van der Waals surface area contributed by atoms with Gasteiger partial charge in [-0.05, 0) is 62.3 Å². The number of carbonyl (C=O) groups is 1. The lowest BCUT2D eigenvalue weighted by Crippen LogP contribution is -2.51. The minimum absolute atomic E-state index is 0.0726. The fourth-order valence-corrected chi connectivity index (χ4v) is 3.44. The SMILES string of the molecule is Cc1cc(C)cc(N(C)CCC2CCCC2(N)C(=O)O)c1. The van der Waals surface area contributed by atoms with E-state index in [2.05, 4.69) is 44.0 Å². The van der Waals surface area contributed by atoms with E-state index in [0.717, 1.165) is 25.8 Å². The lowest BCUT2D eigenvalue weighted by Gasteiger charge is -2.29. The molecule has 21 heavy (non-hydrogen) atoms. The van der Waals surface area contributed by atoms with Crippen LogP contribution in [0.2, 0.25) is 0 Å². The van der Waals surface area contributed by atoms with Gasteiger partial charge in [0, 0.05) is 19.3 Å². The Bertz CT molecular complexity index is 509. The molecular formula is C17H26N2O2. The van der Waals surface area contributed by atoms with Crippen LogP contribution in [-0.2, 0) is 4.79 Å². The van der Waals surface area contributed by atoms with Gasteiger partial charge < -0.3 is 15.7 Å². The van der Waals surface area contributed by atoms with Crippen molar-refractivity contribution in [2.45, 2.75) is 45.1 Å². The molecule has 2 unspecified atom stereocenters. The molecule has 1 fully saturated rings. The summed E-state index contributed by atoms with van der Waals surface area (Å²) in [5.41, 5.74) is 8.75. The molecule has 1 aliphatic carbocycles. The van der Waals surface area contributed by atoms with Crippen molar-refractivity contribution < 1.29 is 9.90 Å². The van der Waals surface area contributed by atoms with Crippen LogP contribution in [0.3, 0.4) is 0 Å². The molecule has 1 aromatic carbocycles. The van der Waals surface area contributed by atoms with Crippen LogP contribution in [0.4, 0.5) is 5.69 Å². The van der Waals surface area contributed by atoms with Gasteiger partial charge in [0.05, 0.1) is 0 Å². The van der Waals surface area contributed by atoms with E-state index in [-0.39, 0.29) is 5.92 Å². The average molecular weight is 290 g/mol. The topological polar surface area (TPSA) is 66.6 Å². The Morgan fingerprint density at radius 2 is 2.00 bits per heavy atom. The first-order valence-corrected chi connectivity index (χ1v) is 7.64. The molecule has 0 amide bonds. The van der Waals surface area contributed by atoms with Gasteiger partial charge in [-0.15, -0.1) is 0 Å². The maximum Gasteiger partial charge on any atom is 0.323 e. The number of nitrogens with two attached hydrogens (primary N) is 1. The molecule has 1 aliphatic rings. The summed E-state index contributed by atoms with van der Waals surface area (Å²) in [4.78, 5) is 13.6. The Balaban J connectivity index is 2.01. The molecule has 0 radical (unpaired) electrons. The summed E-state index contributed by atoms with van der Waals surface area (Å²) in [6.45, 7) is 5.02. The molecule has 2 atom stereocenters. The Morgan fingerprint density at radius 3 is 2.57 bits per heavy atom. The highest BCUT2D eigenvalue weighted by Gasteiger charge is 2.45. The highest BCUT2D eigenvalue weighted by molar-refractivity contribution is 5.79. The van der Waals surface area contributed by atoms with Crippen molar-refractivity contribution in [3.8, 4) is 0 Å². The van der Waals surface area contributed by atoms with Crippen molar-refractivity contribution in [2.24, 2.45) is 11.7 Å².